The number of hydrogen-bond acceptors (Lipinski definition) is 3. The third-order valence-electron chi connectivity index (χ3n) is 2.63. The van der Waals surface area contributed by atoms with Crippen molar-refractivity contribution >= 4 is 27.6 Å². The summed E-state index contributed by atoms with van der Waals surface area (Å²) < 4.78 is 1.00. The summed E-state index contributed by atoms with van der Waals surface area (Å²) in [6.07, 6.45) is 2.19. The minimum Gasteiger partial charge on any atom is -0.478 e. The van der Waals surface area contributed by atoms with Crippen LogP contribution < -0.4 is 5.32 Å². The van der Waals surface area contributed by atoms with Gasteiger partial charge < -0.3 is 10.4 Å². The smallest absolute Gasteiger partial charge is 0.335 e. The van der Waals surface area contributed by atoms with Crippen molar-refractivity contribution in [2.75, 3.05) is 11.9 Å². The predicted octanol–water partition coefficient (Wildman–Crippen LogP) is 3.20. The van der Waals surface area contributed by atoms with Crippen molar-refractivity contribution in [3.8, 4) is 0 Å². The summed E-state index contributed by atoms with van der Waals surface area (Å²) in [5.41, 5.74) is 2.04. The quantitative estimate of drug-likeness (QED) is 0.888. The van der Waals surface area contributed by atoms with Crippen LogP contribution in [0.4, 0.5) is 5.69 Å². The normalized spacial score (nSPS) is 10.2. The molecule has 1 aromatic carbocycles. The Balaban J connectivity index is 1.94. The molecule has 1 aromatic heterocycles. The molecule has 0 unspecified atom stereocenters. The van der Waals surface area contributed by atoms with Crippen molar-refractivity contribution in [3.63, 3.8) is 0 Å². The van der Waals surface area contributed by atoms with Gasteiger partial charge in [0.15, 0.2) is 0 Å². The summed E-state index contributed by atoms with van der Waals surface area (Å²) in [7, 11) is 0. The van der Waals surface area contributed by atoms with Crippen LogP contribution in [0.25, 0.3) is 0 Å². The Kier molecular flexibility index (Phi) is 4.52. The van der Waals surface area contributed by atoms with E-state index in [9.17, 15) is 4.79 Å². The number of aromatic nitrogens is 1. The molecule has 0 saturated heterocycles. The van der Waals surface area contributed by atoms with Crippen LogP contribution in [-0.4, -0.2) is 22.6 Å². The second kappa shape index (κ2) is 6.33. The van der Waals surface area contributed by atoms with E-state index in [0.717, 1.165) is 15.9 Å². The Labute approximate surface area is 119 Å². The Morgan fingerprint density at radius 1 is 1.32 bits per heavy atom. The zero-order valence-corrected chi connectivity index (χ0v) is 11.7. The highest BCUT2D eigenvalue weighted by Crippen LogP contribution is 2.20. The lowest BCUT2D eigenvalue weighted by molar-refractivity contribution is 0.0696. The lowest BCUT2D eigenvalue weighted by Crippen LogP contribution is -2.07. The monoisotopic (exact) mass is 320 g/mol. The van der Waals surface area contributed by atoms with Crippen molar-refractivity contribution < 1.29 is 9.90 Å². The second-order valence-corrected chi connectivity index (χ2v) is 4.85. The number of benzene rings is 1. The Bertz CT molecular complexity index is 587. The molecule has 0 aliphatic rings. The van der Waals surface area contributed by atoms with E-state index < -0.39 is 5.97 Å². The number of carboxylic acids is 1. The van der Waals surface area contributed by atoms with Crippen LogP contribution in [0.5, 0.6) is 0 Å². The van der Waals surface area contributed by atoms with Gasteiger partial charge in [0.05, 0.1) is 5.56 Å². The molecular weight excluding hydrogens is 308 g/mol. The van der Waals surface area contributed by atoms with Gasteiger partial charge >= 0.3 is 5.97 Å². The predicted molar refractivity (Wildman–Crippen MR) is 77.5 cm³/mol. The molecular formula is C14H13BrN2O2. The molecule has 4 nitrogen and oxygen atoms in total. The van der Waals surface area contributed by atoms with E-state index in [-0.39, 0.29) is 5.56 Å². The van der Waals surface area contributed by atoms with Crippen LogP contribution in [0.2, 0.25) is 0 Å². The number of pyridine rings is 1. The average molecular weight is 321 g/mol. The first-order valence-electron chi connectivity index (χ1n) is 5.83. The number of anilines is 1. The lowest BCUT2D eigenvalue weighted by atomic mass is 10.2. The third-order valence-corrected chi connectivity index (χ3v) is 3.33. The van der Waals surface area contributed by atoms with Crippen LogP contribution in [0, 0.1) is 0 Å². The molecule has 0 spiro atoms. The van der Waals surface area contributed by atoms with Gasteiger partial charge in [0.2, 0.25) is 0 Å². The number of halogens is 1. The van der Waals surface area contributed by atoms with E-state index in [4.69, 9.17) is 5.11 Å². The van der Waals surface area contributed by atoms with Gasteiger partial charge in [-0.1, -0.05) is 12.1 Å². The molecule has 0 radical (unpaired) electrons. The van der Waals surface area contributed by atoms with Crippen LogP contribution in [0.1, 0.15) is 16.1 Å². The molecule has 1 heterocycles. The van der Waals surface area contributed by atoms with Crippen molar-refractivity contribution in [1.82, 2.24) is 4.98 Å². The fourth-order valence-corrected chi connectivity index (χ4v) is 2.10. The number of hydrogen-bond donors (Lipinski definition) is 2. The number of carboxylic acid groups (broad SMARTS) is 1. The van der Waals surface area contributed by atoms with E-state index in [1.54, 1.807) is 6.07 Å². The molecule has 0 atom stereocenters. The number of nitrogens with one attached hydrogen (secondary N) is 1. The summed E-state index contributed by atoms with van der Waals surface area (Å²) in [4.78, 5) is 15.0. The van der Waals surface area contributed by atoms with Gasteiger partial charge in [0.1, 0.15) is 0 Å². The number of carbonyl (C=O) groups is 1. The molecule has 2 rings (SSSR count). The van der Waals surface area contributed by atoms with Gasteiger partial charge in [0, 0.05) is 35.0 Å². The van der Waals surface area contributed by atoms with Crippen molar-refractivity contribution in [2.45, 2.75) is 6.42 Å². The Hall–Kier alpha value is -1.88. The zero-order chi connectivity index (χ0) is 13.7. The third kappa shape index (κ3) is 3.79. The summed E-state index contributed by atoms with van der Waals surface area (Å²) in [5, 5.41) is 12.2. The lowest BCUT2D eigenvalue weighted by Gasteiger charge is -2.08. The summed E-state index contributed by atoms with van der Waals surface area (Å²) >= 11 is 3.46. The highest BCUT2D eigenvalue weighted by Gasteiger charge is 2.04. The largest absolute Gasteiger partial charge is 0.478 e. The first-order valence-corrected chi connectivity index (χ1v) is 6.63. The summed E-state index contributed by atoms with van der Waals surface area (Å²) in [5.74, 6) is -0.928. The van der Waals surface area contributed by atoms with Gasteiger partial charge in [-0.25, -0.2) is 4.79 Å². The average Bonchev–Trinajstić information content (AvgIpc) is 2.41. The van der Waals surface area contributed by atoms with Crippen LogP contribution in [0.3, 0.4) is 0 Å². The minimum absolute atomic E-state index is 0.269. The molecule has 0 aliphatic heterocycles. The molecule has 0 aliphatic carbocycles. The van der Waals surface area contributed by atoms with E-state index in [2.05, 4.69) is 26.2 Å². The highest BCUT2D eigenvalue weighted by molar-refractivity contribution is 9.10. The van der Waals surface area contributed by atoms with E-state index in [1.807, 2.05) is 24.3 Å². The van der Waals surface area contributed by atoms with Gasteiger partial charge in [0.25, 0.3) is 0 Å². The molecule has 0 saturated carbocycles. The highest BCUT2D eigenvalue weighted by atomic mass is 79.9. The number of rotatable bonds is 5. The fourth-order valence-electron chi connectivity index (χ4n) is 1.68. The number of nitrogens with zero attached hydrogens (tertiary/aromatic N) is 1. The maximum absolute atomic E-state index is 10.8. The van der Waals surface area contributed by atoms with Gasteiger partial charge in [-0.2, -0.15) is 0 Å². The maximum Gasteiger partial charge on any atom is 0.335 e. The van der Waals surface area contributed by atoms with E-state index in [1.165, 1.54) is 12.3 Å². The zero-order valence-electron chi connectivity index (χ0n) is 10.1. The Morgan fingerprint density at radius 2 is 2.11 bits per heavy atom. The molecule has 0 bridgehead atoms. The van der Waals surface area contributed by atoms with Crippen molar-refractivity contribution in [3.05, 3.63) is 58.3 Å². The molecule has 0 fully saturated rings. The maximum atomic E-state index is 10.8. The van der Waals surface area contributed by atoms with Gasteiger partial charge in [-0.15, -0.1) is 0 Å². The summed E-state index contributed by atoms with van der Waals surface area (Å²) in [6.45, 7) is 0.693. The van der Waals surface area contributed by atoms with E-state index >= 15 is 0 Å². The molecule has 98 valence electrons. The van der Waals surface area contributed by atoms with Gasteiger partial charge in [-0.05, 0) is 40.2 Å². The Morgan fingerprint density at radius 3 is 2.84 bits per heavy atom. The second-order valence-electron chi connectivity index (χ2n) is 4.00. The summed E-state index contributed by atoms with van der Waals surface area (Å²) in [6, 6.07) is 10.9. The number of aromatic carboxylic acids is 1. The minimum atomic E-state index is -0.928. The van der Waals surface area contributed by atoms with E-state index in [0.29, 0.717) is 13.0 Å². The molecule has 19 heavy (non-hydrogen) atoms. The van der Waals surface area contributed by atoms with Crippen LogP contribution >= 0.6 is 15.9 Å². The number of para-hydroxylation sites is 1. The van der Waals surface area contributed by atoms with Crippen molar-refractivity contribution in [1.29, 1.82) is 0 Å². The fraction of sp³-hybridized carbons (Fsp3) is 0.143. The first kappa shape index (κ1) is 13.5. The molecule has 2 N–H and O–H groups in total. The van der Waals surface area contributed by atoms with Gasteiger partial charge in [-0.3, -0.25) is 4.98 Å². The molecule has 5 heteroatoms. The SMILES string of the molecule is O=C(O)c1ccnc(CCNc2ccccc2Br)c1. The molecule has 0 amide bonds. The molecule has 2 aromatic rings. The van der Waals surface area contributed by atoms with Crippen LogP contribution in [0.15, 0.2) is 47.1 Å². The first-order chi connectivity index (χ1) is 9.16. The van der Waals surface area contributed by atoms with Crippen molar-refractivity contribution in [2.24, 2.45) is 0 Å². The van der Waals surface area contributed by atoms with Crippen LogP contribution in [-0.2, 0) is 6.42 Å². The standard InChI is InChI=1S/C14H13BrN2O2/c15-12-3-1-2-4-13(12)17-8-6-11-9-10(14(18)19)5-7-16-11/h1-5,7,9,17H,6,8H2,(H,18,19). The topological polar surface area (TPSA) is 62.2 Å².